The average molecular weight is 917 g/mol. The summed E-state index contributed by atoms with van der Waals surface area (Å²) in [5.41, 5.74) is 0. The molecule has 1 unspecified atom stereocenters. The number of rotatable bonds is 48. The third-order valence-electron chi connectivity index (χ3n) is 11.4. The fourth-order valence-corrected chi connectivity index (χ4v) is 7.28. The molecule has 6 heteroatoms. The van der Waals surface area contributed by atoms with Gasteiger partial charge in [-0.3, -0.25) is 14.4 Å². The van der Waals surface area contributed by atoms with Crippen LogP contribution in [-0.2, 0) is 28.6 Å². The maximum absolute atomic E-state index is 12.7. The van der Waals surface area contributed by atoms with Crippen LogP contribution in [0.1, 0.15) is 245 Å². The van der Waals surface area contributed by atoms with Crippen LogP contribution < -0.4 is 0 Å². The first-order chi connectivity index (χ1) is 32.5. The first-order valence-electron chi connectivity index (χ1n) is 27.2. The van der Waals surface area contributed by atoms with E-state index in [9.17, 15) is 14.4 Å². The Bertz CT molecular complexity index is 1330. The zero-order chi connectivity index (χ0) is 47.9. The van der Waals surface area contributed by atoms with Gasteiger partial charge in [0.1, 0.15) is 13.2 Å². The van der Waals surface area contributed by atoms with Crippen LogP contribution in [0.15, 0.2) is 97.2 Å². The van der Waals surface area contributed by atoms with E-state index in [1.165, 1.54) is 77.0 Å². The lowest BCUT2D eigenvalue weighted by Gasteiger charge is -2.18. The van der Waals surface area contributed by atoms with E-state index >= 15 is 0 Å². The van der Waals surface area contributed by atoms with Crippen LogP contribution in [0.2, 0.25) is 0 Å². The Kier molecular flexibility index (Phi) is 50.9. The molecule has 0 N–H and O–H groups in total. The van der Waals surface area contributed by atoms with Crippen molar-refractivity contribution in [1.82, 2.24) is 0 Å². The van der Waals surface area contributed by atoms with Crippen molar-refractivity contribution >= 4 is 17.9 Å². The maximum atomic E-state index is 12.7. The molecule has 0 aromatic rings. The molecule has 0 aromatic carbocycles. The van der Waals surface area contributed by atoms with E-state index < -0.39 is 6.10 Å². The lowest BCUT2D eigenvalue weighted by atomic mass is 10.0. The molecule has 0 aromatic heterocycles. The highest BCUT2D eigenvalue weighted by Gasteiger charge is 2.19. The molecule has 0 aliphatic rings. The molecule has 0 fully saturated rings. The van der Waals surface area contributed by atoms with Gasteiger partial charge in [-0.05, 0) is 83.5 Å². The largest absolute Gasteiger partial charge is 0.462 e. The second kappa shape index (κ2) is 53.9. The van der Waals surface area contributed by atoms with Crippen molar-refractivity contribution in [2.45, 2.75) is 252 Å². The van der Waals surface area contributed by atoms with Crippen LogP contribution >= 0.6 is 0 Å². The Morgan fingerprint density at radius 2 is 0.591 bits per heavy atom. The zero-order valence-electron chi connectivity index (χ0n) is 42.9. The van der Waals surface area contributed by atoms with Gasteiger partial charge < -0.3 is 14.2 Å². The average Bonchev–Trinajstić information content (AvgIpc) is 3.31. The van der Waals surface area contributed by atoms with Gasteiger partial charge in [-0.15, -0.1) is 0 Å². The van der Waals surface area contributed by atoms with Gasteiger partial charge in [0, 0.05) is 19.3 Å². The van der Waals surface area contributed by atoms with Crippen molar-refractivity contribution in [3.63, 3.8) is 0 Å². The number of carbonyl (C=O) groups is 3. The van der Waals surface area contributed by atoms with E-state index in [1.54, 1.807) is 0 Å². The zero-order valence-corrected chi connectivity index (χ0v) is 42.9. The molecule has 6 nitrogen and oxygen atoms in total. The molecule has 0 bridgehead atoms. The number of allylic oxidation sites excluding steroid dienone is 16. The van der Waals surface area contributed by atoms with Crippen molar-refractivity contribution in [1.29, 1.82) is 0 Å². The van der Waals surface area contributed by atoms with E-state index in [2.05, 4.69) is 118 Å². The van der Waals surface area contributed by atoms with Crippen LogP contribution in [-0.4, -0.2) is 37.2 Å². The highest BCUT2D eigenvalue weighted by Crippen LogP contribution is 2.15. The standard InChI is InChI=1S/C60H100O6/c1-4-7-10-13-15-17-19-21-23-24-25-26-27-28-29-30-31-32-33-34-35-36-37-39-40-42-44-47-50-53-59(62)65-56-57(55-64-58(61)52-49-46-12-9-6-3)66-60(63)54-51-48-45-43-41-38-22-20-18-16-14-11-8-5-2/h7,10,15,17,21,23,25-26,28-29,31-32,34-35,37,39,57H,4-6,8-9,11-14,16,18-20,22,24,27,30,33,36,38,40-56H2,1-3H3/b10-7-,17-15-,23-21-,26-25-,29-28-,32-31-,35-34-,39-37-. The number of carbonyl (C=O) groups excluding carboxylic acids is 3. The summed E-state index contributed by atoms with van der Waals surface area (Å²) < 4.78 is 16.7. The van der Waals surface area contributed by atoms with E-state index in [0.717, 1.165) is 128 Å². The molecule has 0 aliphatic heterocycles. The summed E-state index contributed by atoms with van der Waals surface area (Å²) in [6, 6.07) is 0. The third kappa shape index (κ3) is 51.3. The second-order valence-corrected chi connectivity index (χ2v) is 17.8. The number of ether oxygens (including phenoxy) is 3. The van der Waals surface area contributed by atoms with Crippen LogP contribution in [0.4, 0.5) is 0 Å². The molecule has 0 saturated heterocycles. The first-order valence-corrected chi connectivity index (χ1v) is 27.2. The number of esters is 3. The van der Waals surface area contributed by atoms with Crippen molar-refractivity contribution in [2.24, 2.45) is 0 Å². The molecule has 0 spiro atoms. The maximum Gasteiger partial charge on any atom is 0.306 e. The monoisotopic (exact) mass is 917 g/mol. The quantitative estimate of drug-likeness (QED) is 0.0262. The van der Waals surface area contributed by atoms with Crippen molar-refractivity contribution < 1.29 is 28.6 Å². The Balaban J connectivity index is 4.16. The molecular formula is C60H100O6. The summed E-state index contributed by atoms with van der Waals surface area (Å²) in [5.74, 6) is -0.924. The predicted octanol–water partition coefficient (Wildman–Crippen LogP) is 18.1. The van der Waals surface area contributed by atoms with E-state index in [-0.39, 0.29) is 31.1 Å². The summed E-state index contributed by atoms with van der Waals surface area (Å²) in [7, 11) is 0. The lowest BCUT2D eigenvalue weighted by Crippen LogP contribution is -2.30. The van der Waals surface area contributed by atoms with Gasteiger partial charge in [0.15, 0.2) is 6.10 Å². The smallest absolute Gasteiger partial charge is 0.306 e. The van der Waals surface area contributed by atoms with Gasteiger partial charge in [-0.2, -0.15) is 0 Å². The van der Waals surface area contributed by atoms with Crippen molar-refractivity contribution in [3.8, 4) is 0 Å². The SMILES string of the molecule is CC/C=C\C/C=C\C/C=C\C/C=C\C/C=C\C/C=C\C/C=C\C/C=C\CCCCCCC(=O)OCC(COC(=O)CCCCCCC)OC(=O)CCCCCCCCCCCCCCCC. The number of unbranched alkanes of at least 4 members (excludes halogenated alkanes) is 21. The third-order valence-corrected chi connectivity index (χ3v) is 11.4. The Labute approximate surface area is 407 Å². The molecule has 0 aliphatic carbocycles. The molecule has 0 amide bonds. The summed E-state index contributed by atoms with van der Waals surface area (Å²) in [6.07, 6.45) is 71.5. The minimum atomic E-state index is -0.782. The molecule has 1 atom stereocenters. The molecule has 66 heavy (non-hydrogen) atoms. The van der Waals surface area contributed by atoms with Crippen LogP contribution in [0.3, 0.4) is 0 Å². The highest BCUT2D eigenvalue weighted by atomic mass is 16.6. The van der Waals surface area contributed by atoms with Gasteiger partial charge in [0.25, 0.3) is 0 Å². The molecule has 376 valence electrons. The fraction of sp³-hybridized carbons (Fsp3) is 0.683. The number of hydrogen-bond acceptors (Lipinski definition) is 6. The predicted molar refractivity (Wildman–Crippen MR) is 284 cm³/mol. The Morgan fingerprint density at radius 3 is 0.924 bits per heavy atom. The molecule has 0 rings (SSSR count). The second-order valence-electron chi connectivity index (χ2n) is 17.8. The minimum Gasteiger partial charge on any atom is -0.462 e. The van der Waals surface area contributed by atoms with Gasteiger partial charge in [0.2, 0.25) is 0 Å². The highest BCUT2D eigenvalue weighted by molar-refractivity contribution is 5.71. The van der Waals surface area contributed by atoms with Gasteiger partial charge in [-0.25, -0.2) is 0 Å². The molecular weight excluding hydrogens is 817 g/mol. The normalized spacial score (nSPS) is 12.8. The molecule has 0 radical (unpaired) electrons. The van der Waals surface area contributed by atoms with Crippen LogP contribution in [0.5, 0.6) is 0 Å². The first kappa shape index (κ1) is 62.3. The van der Waals surface area contributed by atoms with E-state index in [1.807, 2.05) is 0 Å². The summed E-state index contributed by atoms with van der Waals surface area (Å²) >= 11 is 0. The minimum absolute atomic E-state index is 0.0850. The summed E-state index contributed by atoms with van der Waals surface area (Å²) in [4.78, 5) is 37.7. The summed E-state index contributed by atoms with van der Waals surface area (Å²) in [5, 5.41) is 0. The number of hydrogen-bond donors (Lipinski definition) is 0. The van der Waals surface area contributed by atoms with Crippen LogP contribution in [0.25, 0.3) is 0 Å². The van der Waals surface area contributed by atoms with Gasteiger partial charge in [0.05, 0.1) is 0 Å². The van der Waals surface area contributed by atoms with Crippen molar-refractivity contribution in [2.75, 3.05) is 13.2 Å². The van der Waals surface area contributed by atoms with Gasteiger partial charge in [-0.1, -0.05) is 240 Å². The van der Waals surface area contributed by atoms with E-state index in [4.69, 9.17) is 14.2 Å². The lowest BCUT2D eigenvalue weighted by molar-refractivity contribution is -0.167. The van der Waals surface area contributed by atoms with Crippen LogP contribution in [0, 0.1) is 0 Å². The van der Waals surface area contributed by atoms with E-state index in [0.29, 0.717) is 19.3 Å². The topological polar surface area (TPSA) is 78.9 Å². The fourth-order valence-electron chi connectivity index (χ4n) is 7.28. The Hall–Kier alpha value is -3.67. The van der Waals surface area contributed by atoms with Crippen molar-refractivity contribution in [3.05, 3.63) is 97.2 Å². The molecule has 0 saturated carbocycles. The molecule has 0 heterocycles. The van der Waals surface area contributed by atoms with Gasteiger partial charge >= 0.3 is 17.9 Å². The Morgan fingerprint density at radius 1 is 0.318 bits per heavy atom. The summed E-state index contributed by atoms with van der Waals surface area (Å²) in [6.45, 7) is 6.42.